The fourth-order valence-electron chi connectivity index (χ4n) is 1.64. The third-order valence-electron chi connectivity index (χ3n) is 2.49. The van der Waals surface area contributed by atoms with Gasteiger partial charge in [0.25, 0.3) is 0 Å². The van der Waals surface area contributed by atoms with Gasteiger partial charge in [-0.15, -0.1) is 12.4 Å². The number of benzene rings is 2. The zero-order valence-corrected chi connectivity index (χ0v) is 15.1. The van der Waals surface area contributed by atoms with Crippen LogP contribution in [0.5, 0.6) is 0 Å². The van der Waals surface area contributed by atoms with Crippen LogP contribution in [0.1, 0.15) is 5.56 Å². The van der Waals surface area contributed by atoms with Gasteiger partial charge in [0.05, 0.1) is 0 Å². The fourth-order valence-corrected chi connectivity index (χ4v) is 4.84. The van der Waals surface area contributed by atoms with E-state index in [1.807, 2.05) is 42.5 Å². The van der Waals surface area contributed by atoms with Crippen LogP contribution in [0.15, 0.2) is 42.5 Å². The van der Waals surface area contributed by atoms with Crippen LogP contribution in [0, 0.1) is 0 Å². The minimum atomic E-state index is -0.377. The van der Waals surface area contributed by atoms with Crippen molar-refractivity contribution in [2.75, 3.05) is 0 Å². The van der Waals surface area contributed by atoms with E-state index in [9.17, 15) is 4.79 Å². The second-order valence-electron chi connectivity index (χ2n) is 3.84. The molecule has 0 atom stereocenters. The third-order valence-corrected chi connectivity index (χ3v) is 6.73. The van der Waals surface area contributed by atoms with Gasteiger partial charge in [0.15, 0.2) is 0 Å². The summed E-state index contributed by atoms with van der Waals surface area (Å²) in [7, 11) is 0. The summed E-state index contributed by atoms with van der Waals surface area (Å²) in [5, 5.41) is 0.970. The predicted molar refractivity (Wildman–Crippen MR) is 89.7 cm³/mol. The second-order valence-corrected chi connectivity index (χ2v) is 7.50. The molecule has 0 aliphatic rings. The first-order valence-corrected chi connectivity index (χ1v) is 8.51. The number of carbonyl (C=O) groups excluding carboxylic acids is 1. The van der Waals surface area contributed by atoms with E-state index < -0.39 is 0 Å². The number of rotatable bonds is 4. The molecule has 1 nitrogen and oxygen atoms in total. The van der Waals surface area contributed by atoms with Crippen LogP contribution in [-0.2, 0) is 11.2 Å². The number of halogens is 4. The van der Waals surface area contributed by atoms with Crippen LogP contribution in [0.25, 0.3) is 0 Å². The molecule has 0 heterocycles. The van der Waals surface area contributed by atoms with Gasteiger partial charge in [-0.1, -0.05) is 0 Å². The molecule has 0 N–H and O–H groups in total. The van der Waals surface area contributed by atoms with E-state index in [1.54, 1.807) is 0 Å². The van der Waals surface area contributed by atoms with Gasteiger partial charge in [-0.05, 0) is 0 Å². The second kappa shape index (κ2) is 8.31. The Hall–Kier alpha value is -0.172. The quantitative estimate of drug-likeness (QED) is 0.558. The first kappa shape index (κ1) is 17.9. The van der Waals surface area contributed by atoms with Gasteiger partial charge in [0.2, 0.25) is 0 Å². The zero-order valence-electron chi connectivity index (χ0n) is 10.1. The summed E-state index contributed by atoms with van der Waals surface area (Å²) in [5.74, 6) is 0. The molecule has 0 aliphatic carbocycles. The first-order valence-electron chi connectivity index (χ1n) is 5.50. The molecular weight excluding hydrogens is 401 g/mol. The molecule has 0 amide bonds. The zero-order chi connectivity index (χ0) is 13.8. The van der Waals surface area contributed by atoms with E-state index in [4.69, 9.17) is 34.8 Å². The average Bonchev–Trinajstić information content (AvgIpc) is 2.35. The van der Waals surface area contributed by atoms with Gasteiger partial charge in [0, 0.05) is 0 Å². The molecule has 0 saturated heterocycles. The Bertz CT molecular complexity index is 596. The van der Waals surface area contributed by atoms with E-state index in [-0.39, 0.29) is 39.8 Å². The fraction of sp³-hybridized carbons (Fsp3) is 0.0714. The molecule has 6 heteroatoms. The molecule has 105 valence electrons. The van der Waals surface area contributed by atoms with Crippen LogP contribution in [0.3, 0.4) is 0 Å². The molecule has 0 unspecified atom stereocenters. The summed E-state index contributed by atoms with van der Waals surface area (Å²) >= 11 is 17.5. The van der Waals surface area contributed by atoms with Crippen LogP contribution >= 0.6 is 47.2 Å². The Balaban J connectivity index is 0.00000200. The van der Waals surface area contributed by atoms with Crippen molar-refractivity contribution in [3.63, 3.8) is 0 Å². The van der Waals surface area contributed by atoms with Crippen molar-refractivity contribution in [2.45, 2.75) is 6.42 Å². The van der Waals surface area contributed by atoms with Gasteiger partial charge >= 0.3 is 134 Å². The van der Waals surface area contributed by atoms with Gasteiger partial charge < -0.3 is 0 Å². The normalized spacial score (nSPS) is 10.6. The molecule has 0 aromatic heterocycles. The number of carbonyl (C=O) groups is 1. The number of hydrogen-bond acceptors (Lipinski definition) is 1. The van der Waals surface area contributed by atoms with Crippen molar-refractivity contribution in [3.05, 3.63) is 58.1 Å². The summed E-state index contributed by atoms with van der Waals surface area (Å²) in [4.78, 5) is 11.1. The summed E-state index contributed by atoms with van der Waals surface area (Å²) in [5.41, 5.74) is 0.943. The maximum absolute atomic E-state index is 11.1. The first-order chi connectivity index (χ1) is 9.08. The van der Waals surface area contributed by atoms with Crippen LogP contribution < -0.4 is 8.70 Å². The van der Waals surface area contributed by atoms with E-state index in [1.165, 1.54) is 0 Å². The Morgan fingerprint density at radius 1 is 1.00 bits per heavy atom. The van der Waals surface area contributed by atoms with Gasteiger partial charge in [-0.3, -0.25) is 0 Å². The van der Waals surface area contributed by atoms with E-state index >= 15 is 0 Å². The summed E-state index contributed by atoms with van der Waals surface area (Å²) in [6.07, 6.45) is 0.232. The number of hydrogen-bond donors (Lipinski definition) is 0. The average molecular weight is 411 g/mol. The topological polar surface area (TPSA) is 17.1 Å². The van der Waals surface area contributed by atoms with Gasteiger partial charge in [-0.25, -0.2) is 0 Å². The van der Waals surface area contributed by atoms with Crippen LogP contribution in [0.4, 0.5) is 0 Å². The van der Waals surface area contributed by atoms with Crippen molar-refractivity contribution in [2.24, 2.45) is 0 Å². The standard InChI is InChI=1S/C14H9AsCl3O.ClH/c16-11-6-3-7-12(17)14(11)15-10-5-2-1-4-9(10)8-13(18)19;/h1-7H,8H2;1H. The molecule has 0 fully saturated rings. The summed E-state index contributed by atoms with van der Waals surface area (Å²) < 4.78 is 2.05. The molecule has 1 radical (unpaired) electrons. The Labute approximate surface area is 145 Å². The molecule has 2 aromatic rings. The molecule has 20 heavy (non-hydrogen) atoms. The summed E-state index contributed by atoms with van der Waals surface area (Å²) in [6, 6.07) is 13.2. The molecule has 0 spiro atoms. The molecular formula is C14H10AsCl4O. The Morgan fingerprint density at radius 2 is 1.60 bits per heavy atom. The Kier molecular flexibility index (Phi) is 7.43. The maximum atomic E-state index is 11.1. The monoisotopic (exact) mass is 409 g/mol. The third kappa shape index (κ3) is 4.68. The van der Waals surface area contributed by atoms with E-state index in [0.717, 1.165) is 14.3 Å². The van der Waals surface area contributed by atoms with Crippen molar-refractivity contribution < 1.29 is 4.79 Å². The molecule has 0 bridgehead atoms. The van der Waals surface area contributed by atoms with Crippen molar-refractivity contribution >= 4 is 76.9 Å². The summed E-state index contributed by atoms with van der Waals surface area (Å²) in [6.45, 7) is 0. The van der Waals surface area contributed by atoms with E-state index in [0.29, 0.717) is 10.0 Å². The predicted octanol–water partition coefficient (Wildman–Crippen LogP) is 3.38. The Morgan fingerprint density at radius 3 is 2.20 bits per heavy atom. The van der Waals surface area contributed by atoms with Crippen molar-refractivity contribution in [1.29, 1.82) is 0 Å². The molecule has 2 rings (SSSR count). The molecule has 0 aliphatic heterocycles. The molecule has 2 aromatic carbocycles. The minimum absolute atomic E-state index is 0. The molecule has 0 saturated carbocycles. The van der Waals surface area contributed by atoms with Gasteiger partial charge in [0.1, 0.15) is 0 Å². The van der Waals surface area contributed by atoms with Gasteiger partial charge in [-0.2, -0.15) is 0 Å². The van der Waals surface area contributed by atoms with E-state index in [2.05, 4.69) is 0 Å². The van der Waals surface area contributed by atoms with Crippen LogP contribution in [-0.4, -0.2) is 21.0 Å². The van der Waals surface area contributed by atoms with Crippen molar-refractivity contribution in [3.8, 4) is 0 Å². The van der Waals surface area contributed by atoms with Crippen LogP contribution in [0.2, 0.25) is 10.0 Å². The SMILES string of the molecule is Cl.O=C(Cl)Cc1ccccc1[As]c1c(Cl)cccc1Cl. The van der Waals surface area contributed by atoms with Crippen molar-refractivity contribution in [1.82, 2.24) is 0 Å².